The van der Waals surface area contributed by atoms with Crippen molar-refractivity contribution >= 4 is 38.6 Å². The van der Waals surface area contributed by atoms with Crippen molar-refractivity contribution in [1.82, 2.24) is 15.0 Å². The van der Waals surface area contributed by atoms with Crippen molar-refractivity contribution in [2.24, 2.45) is 0 Å². The van der Waals surface area contributed by atoms with Crippen molar-refractivity contribution in [2.45, 2.75) is 37.3 Å². The molecule has 0 saturated carbocycles. The van der Waals surface area contributed by atoms with Crippen LogP contribution in [0.4, 0.5) is 0 Å². The van der Waals surface area contributed by atoms with Crippen molar-refractivity contribution in [3.8, 4) is 10.6 Å². The molecule has 31 heavy (non-hydrogen) atoms. The quantitative estimate of drug-likeness (QED) is 0.517. The monoisotopic (exact) mass is 477 g/mol. The molecular formula is C21H23N3O4S3. The number of thiophene rings is 1. The zero-order valence-electron chi connectivity index (χ0n) is 17.0. The lowest BCUT2D eigenvalue weighted by Gasteiger charge is -2.12. The Kier molecular flexibility index (Phi) is 6.83. The number of benzene rings is 1. The summed E-state index contributed by atoms with van der Waals surface area (Å²) in [5.74, 6) is -0.323. The van der Waals surface area contributed by atoms with E-state index < -0.39 is 10.0 Å². The molecule has 1 fully saturated rings. The van der Waals surface area contributed by atoms with E-state index in [1.54, 1.807) is 34.8 Å². The van der Waals surface area contributed by atoms with Crippen molar-refractivity contribution in [1.29, 1.82) is 0 Å². The normalized spacial score (nSPS) is 16.5. The molecule has 3 aromatic rings. The Bertz CT molecular complexity index is 1160. The molecule has 164 valence electrons. The van der Waals surface area contributed by atoms with Gasteiger partial charge in [-0.2, -0.15) is 0 Å². The minimum absolute atomic E-state index is 0.0652. The minimum atomic E-state index is -3.71. The standard InChI is InChI=1S/C21H23N3O4S3/c1-14-24-19(13-29-14)20-8-7-17(30-20)12-22-21(25)15-4-2-6-18(10-15)31(26,27)23-11-16-5-3-9-28-16/h2,4,6-8,10,13,16,23H,3,5,9,11-12H2,1H3,(H,22,25). The van der Waals surface area contributed by atoms with Crippen LogP contribution in [0.2, 0.25) is 0 Å². The third-order valence-electron chi connectivity index (χ3n) is 4.89. The Morgan fingerprint density at radius 1 is 1.29 bits per heavy atom. The molecule has 1 aromatic carbocycles. The SMILES string of the molecule is Cc1nc(-c2ccc(CNC(=O)c3cccc(S(=O)(=O)NCC4CCCO4)c3)s2)cs1. The van der Waals surface area contributed by atoms with E-state index in [4.69, 9.17) is 4.74 Å². The summed E-state index contributed by atoms with van der Waals surface area (Å²) in [5.41, 5.74) is 1.24. The summed E-state index contributed by atoms with van der Waals surface area (Å²) >= 11 is 3.18. The number of aryl methyl sites for hydroxylation is 1. The van der Waals surface area contributed by atoms with Crippen LogP contribution in [0.15, 0.2) is 46.7 Å². The van der Waals surface area contributed by atoms with Gasteiger partial charge in [-0.05, 0) is 50.1 Å². The average molecular weight is 478 g/mol. The summed E-state index contributed by atoms with van der Waals surface area (Å²) in [4.78, 5) is 19.2. The number of amides is 1. The van der Waals surface area contributed by atoms with Crippen LogP contribution >= 0.6 is 22.7 Å². The van der Waals surface area contributed by atoms with Crippen LogP contribution in [-0.2, 0) is 21.3 Å². The number of thiazole rings is 1. The van der Waals surface area contributed by atoms with Gasteiger partial charge in [0.1, 0.15) is 0 Å². The maximum absolute atomic E-state index is 12.6. The summed E-state index contributed by atoms with van der Waals surface area (Å²) in [6.07, 6.45) is 1.69. The van der Waals surface area contributed by atoms with E-state index in [9.17, 15) is 13.2 Å². The Balaban J connectivity index is 1.37. The van der Waals surface area contributed by atoms with Crippen molar-refractivity contribution in [3.63, 3.8) is 0 Å². The van der Waals surface area contributed by atoms with Gasteiger partial charge in [0.15, 0.2) is 0 Å². The molecular weight excluding hydrogens is 454 g/mol. The molecule has 1 unspecified atom stereocenters. The topological polar surface area (TPSA) is 97.4 Å². The third kappa shape index (κ3) is 5.58. The fourth-order valence-electron chi connectivity index (χ4n) is 3.25. The highest BCUT2D eigenvalue weighted by Crippen LogP contribution is 2.29. The molecule has 0 bridgehead atoms. The van der Waals surface area contributed by atoms with Gasteiger partial charge in [-0.25, -0.2) is 18.1 Å². The van der Waals surface area contributed by atoms with E-state index >= 15 is 0 Å². The van der Waals surface area contributed by atoms with E-state index in [0.717, 1.165) is 33.3 Å². The first-order chi connectivity index (χ1) is 14.9. The van der Waals surface area contributed by atoms with Gasteiger partial charge in [0.25, 0.3) is 5.91 Å². The lowest BCUT2D eigenvalue weighted by atomic mass is 10.2. The van der Waals surface area contributed by atoms with Crippen LogP contribution in [0.25, 0.3) is 10.6 Å². The van der Waals surface area contributed by atoms with E-state index in [0.29, 0.717) is 18.7 Å². The second-order valence-corrected chi connectivity index (χ2v) is 11.2. The van der Waals surface area contributed by atoms with E-state index in [2.05, 4.69) is 15.0 Å². The van der Waals surface area contributed by atoms with Crippen LogP contribution in [-0.4, -0.2) is 38.6 Å². The highest BCUT2D eigenvalue weighted by molar-refractivity contribution is 7.89. The van der Waals surface area contributed by atoms with Crippen molar-refractivity contribution in [3.05, 3.63) is 57.2 Å². The Morgan fingerprint density at radius 2 is 2.16 bits per heavy atom. The van der Waals surface area contributed by atoms with Gasteiger partial charge in [0.05, 0.1) is 33.1 Å². The molecule has 1 aliphatic rings. The van der Waals surface area contributed by atoms with Gasteiger partial charge >= 0.3 is 0 Å². The van der Waals surface area contributed by atoms with Crippen LogP contribution in [0.3, 0.4) is 0 Å². The summed E-state index contributed by atoms with van der Waals surface area (Å²) in [6, 6.07) is 10.0. The van der Waals surface area contributed by atoms with E-state index in [1.807, 2.05) is 24.4 Å². The van der Waals surface area contributed by atoms with Crippen molar-refractivity contribution in [2.75, 3.05) is 13.2 Å². The van der Waals surface area contributed by atoms with Gasteiger partial charge in [-0.1, -0.05) is 6.07 Å². The molecule has 1 amide bonds. The zero-order chi connectivity index (χ0) is 21.8. The molecule has 1 saturated heterocycles. The van der Waals surface area contributed by atoms with E-state index in [1.165, 1.54) is 12.1 Å². The number of ether oxygens (including phenoxy) is 1. The first-order valence-electron chi connectivity index (χ1n) is 9.91. The number of rotatable bonds is 8. The number of nitrogens with one attached hydrogen (secondary N) is 2. The number of sulfonamides is 1. The largest absolute Gasteiger partial charge is 0.377 e. The lowest BCUT2D eigenvalue weighted by Crippen LogP contribution is -2.32. The highest BCUT2D eigenvalue weighted by atomic mass is 32.2. The maximum atomic E-state index is 12.6. The van der Waals surface area contributed by atoms with Crippen LogP contribution in [0.5, 0.6) is 0 Å². The number of carbonyl (C=O) groups excluding carboxylic acids is 1. The molecule has 0 radical (unpaired) electrons. The molecule has 3 heterocycles. The van der Waals surface area contributed by atoms with Crippen LogP contribution < -0.4 is 10.0 Å². The number of aromatic nitrogens is 1. The second-order valence-electron chi connectivity index (χ2n) is 7.22. The molecule has 4 rings (SSSR count). The average Bonchev–Trinajstić information content (AvgIpc) is 3.52. The van der Waals surface area contributed by atoms with Crippen LogP contribution in [0.1, 0.15) is 33.1 Å². The Hall–Kier alpha value is -2.11. The van der Waals surface area contributed by atoms with Gasteiger partial charge < -0.3 is 10.1 Å². The zero-order valence-corrected chi connectivity index (χ0v) is 19.4. The van der Waals surface area contributed by atoms with Gasteiger partial charge in [-0.3, -0.25) is 4.79 Å². The predicted molar refractivity (Wildman–Crippen MR) is 122 cm³/mol. The first-order valence-corrected chi connectivity index (χ1v) is 13.1. The number of hydrogen-bond donors (Lipinski definition) is 2. The summed E-state index contributed by atoms with van der Waals surface area (Å²) in [6.45, 7) is 3.23. The highest BCUT2D eigenvalue weighted by Gasteiger charge is 2.21. The van der Waals surface area contributed by atoms with E-state index in [-0.39, 0.29) is 23.5 Å². The van der Waals surface area contributed by atoms with Gasteiger partial charge in [0.2, 0.25) is 10.0 Å². The molecule has 0 spiro atoms. The van der Waals surface area contributed by atoms with Gasteiger partial charge in [0, 0.05) is 29.0 Å². The molecule has 0 aliphatic carbocycles. The number of hydrogen-bond acceptors (Lipinski definition) is 7. The molecule has 7 nitrogen and oxygen atoms in total. The second kappa shape index (κ2) is 9.58. The van der Waals surface area contributed by atoms with Crippen molar-refractivity contribution < 1.29 is 17.9 Å². The fourth-order valence-corrected chi connectivity index (χ4v) is 5.96. The number of nitrogens with zero attached hydrogens (tertiary/aromatic N) is 1. The first kappa shape index (κ1) is 22.1. The Morgan fingerprint density at radius 3 is 2.90 bits per heavy atom. The van der Waals surface area contributed by atoms with Gasteiger partial charge in [-0.15, -0.1) is 22.7 Å². The molecule has 1 atom stereocenters. The lowest BCUT2D eigenvalue weighted by molar-refractivity contribution is 0.0951. The summed E-state index contributed by atoms with van der Waals surface area (Å²) < 4.78 is 33.2. The predicted octanol–water partition coefficient (Wildman–Crippen LogP) is 3.57. The number of carbonyl (C=O) groups is 1. The maximum Gasteiger partial charge on any atom is 0.251 e. The molecule has 2 aromatic heterocycles. The smallest absolute Gasteiger partial charge is 0.251 e. The minimum Gasteiger partial charge on any atom is -0.377 e. The summed E-state index contributed by atoms with van der Waals surface area (Å²) in [7, 11) is -3.71. The molecule has 2 N–H and O–H groups in total. The Labute approximate surface area is 189 Å². The fraction of sp³-hybridized carbons (Fsp3) is 0.333. The van der Waals surface area contributed by atoms with Crippen LogP contribution in [0, 0.1) is 6.92 Å². The summed E-state index contributed by atoms with van der Waals surface area (Å²) in [5, 5.41) is 5.89. The molecule has 10 heteroatoms. The molecule has 1 aliphatic heterocycles. The third-order valence-corrected chi connectivity index (χ3v) is 8.19.